The molecule has 0 aliphatic carbocycles. The van der Waals surface area contributed by atoms with Gasteiger partial charge in [-0.15, -0.1) is 23.5 Å². The van der Waals surface area contributed by atoms with Crippen LogP contribution in [-0.4, -0.2) is 79.5 Å². The van der Waals surface area contributed by atoms with E-state index in [1.165, 1.54) is 4.90 Å². The molecule has 3 rings (SSSR count). The monoisotopic (exact) mass is 485 g/mol. The number of nitrogens with zero attached hydrogens (tertiary/aromatic N) is 2. The van der Waals surface area contributed by atoms with Crippen LogP contribution in [0.2, 0.25) is 0 Å². The lowest BCUT2D eigenvalue weighted by Gasteiger charge is -2.36. The second kappa shape index (κ2) is 9.08. The van der Waals surface area contributed by atoms with Gasteiger partial charge in [-0.2, -0.15) is 0 Å². The lowest BCUT2D eigenvalue weighted by atomic mass is 10.0. The summed E-state index contributed by atoms with van der Waals surface area (Å²) in [6.07, 6.45) is -0.0838. The Hall–Kier alpha value is -1.42. The fourth-order valence-corrected chi connectivity index (χ4v) is 8.05. The van der Waals surface area contributed by atoms with Gasteiger partial charge in [0.05, 0.1) is 12.1 Å². The largest absolute Gasteiger partial charge is 0.444 e. The summed E-state index contributed by atoms with van der Waals surface area (Å²) in [5, 5.41) is 2.74. The number of hydrogen-bond donors (Lipinski definition) is 1. The predicted octanol–water partition coefficient (Wildman–Crippen LogP) is 2.71. The van der Waals surface area contributed by atoms with Crippen molar-refractivity contribution in [2.75, 3.05) is 18.1 Å². The second-order valence-electron chi connectivity index (χ2n) is 10.2. The molecule has 0 aromatic carbocycles. The minimum Gasteiger partial charge on any atom is -0.444 e. The van der Waals surface area contributed by atoms with E-state index in [1.807, 2.05) is 13.8 Å². The summed E-state index contributed by atoms with van der Waals surface area (Å²) in [6, 6.07) is -1.50. The molecule has 0 aromatic rings. The molecule has 3 heterocycles. The normalized spacial score (nSPS) is 25.6. The summed E-state index contributed by atoms with van der Waals surface area (Å²) in [7, 11) is 0. The summed E-state index contributed by atoms with van der Waals surface area (Å²) >= 11 is 3.09. The number of rotatable bonds is 4. The molecule has 3 saturated heterocycles. The van der Waals surface area contributed by atoms with Crippen LogP contribution in [0.4, 0.5) is 4.79 Å². The minimum atomic E-state index is -0.852. The highest BCUT2D eigenvalue weighted by molar-refractivity contribution is 8.22. The third-order valence-electron chi connectivity index (χ3n) is 5.94. The number of amides is 4. The highest BCUT2D eigenvalue weighted by Gasteiger charge is 2.67. The Bertz CT molecular complexity index is 789. The lowest BCUT2D eigenvalue weighted by molar-refractivity contribution is -0.146. The number of nitrogens with one attached hydrogen (secondary N) is 1. The molecule has 0 bridgehead atoms. The second-order valence-corrected chi connectivity index (χ2v) is 13.2. The molecule has 4 amide bonds. The first-order valence-electron chi connectivity index (χ1n) is 11.3. The van der Waals surface area contributed by atoms with E-state index in [-0.39, 0.29) is 35.6 Å². The van der Waals surface area contributed by atoms with Gasteiger partial charge in [-0.3, -0.25) is 19.3 Å². The molecular formula is C22H35N3O5S2. The average molecular weight is 486 g/mol. The van der Waals surface area contributed by atoms with Crippen LogP contribution < -0.4 is 5.32 Å². The van der Waals surface area contributed by atoms with E-state index >= 15 is 0 Å². The van der Waals surface area contributed by atoms with Gasteiger partial charge in [0, 0.05) is 24.0 Å². The molecule has 3 aliphatic heterocycles. The maximum absolute atomic E-state index is 13.7. The molecule has 0 aromatic heterocycles. The molecule has 0 radical (unpaired) electrons. The van der Waals surface area contributed by atoms with Crippen LogP contribution in [0, 0.1) is 11.8 Å². The van der Waals surface area contributed by atoms with Crippen molar-refractivity contribution >= 4 is 47.3 Å². The third-order valence-corrected chi connectivity index (χ3v) is 9.41. The molecule has 3 aliphatic rings. The number of imide groups is 1. The molecular weight excluding hydrogens is 450 g/mol. The summed E-state index contributed by atoms with van der Waals surface area (Å²) in [5.74, 6) is 0.545. The Morgan fingerprint density at radius 3 is 2.19 bits per heavy atom. The van der Waals surface area contributed by atoms with Crippen LogP contribution in [0.1, 0.15) is 54.9 Å². The molecule has 3 fully saturated rings. The fraction of sp³-hybridized carbons (Fsp3) is 0.818. The smallest absolute Gasteiger partial charge is 0.408 e. The number of carbonyl (C=O) groups is 4. The summed E-state index contributed by atoms with van der Waals surface area (Å²) < 4.78 is 4.51. The molecule has 10 heteroatoms. The quantitative estimate of drug-likeness (QED) is 0.654. The van der Waals surface area contributed by atoms with E-state index < -0.39 is 27.9 Å². The molecule has 1 unspecified atom stereocenters. The van der Waals surface area contributed by atoms with Crippen molar-refractivity contribution in [1.29, 1.82) is 0 Å². The molecule has 1 spiro atoms. The van der Waals surface area contributed by atoms with Crippen LogP contribution >= 0.6 is 23.5 Å². The lowest BCUT2D eigenvalue weighted by Crippen LogP contribution is -2.57. The standard InChI is InChI=1S/C22H35N3O5S2/c1-12(2)15(23-20(29)30-21(5,6)7)18(27)24-9-8-14-16(24)22(31-10-11-32-22)19(28)25(14)17(26)13(3)4/h12-16H,8-11H2,1-7H3,(H,23,29)/t14-,15?,16-/m0/s1. The zero-order valence-corrected chi connectivity index (χ0v) is 21.6. The van der Waals surface area contributed by atoms with E-state index in [2.05, 4.69) is 5.32 Å². The van der Waals surface area contributed by atoms with Gasteiger partial charge in [0.2, 0.25) is 11.8 Å². The minimum absolute atomic E-state index is 0.167. The molecule has 3 atom stereocenters. The number of ether oxygens (including phenoxy) is 1. The zero-order chi connectivity index (χ0) is 24.0. The first-order valence-corrected chi connectivity index (χ1v) is 13.2. The third kappa shape index (κ3) is 4.49. The van der Waals surface area contributed by atoms with Gasteiger partial charge in [0.15, 0.2) is 4.08 Å². The van der Waals surface area contributed by atoms with Crippen molar-refractivity contribution in [3.63, 3.8) is 0 Å². The van der Waals surface area contributed by atoms with Crippen molar-refractivity contribution in [2.24, 2.45) is 11.8 Å². The topological polar surface area (TPSA) is 96.0 Å². The number of thioether (sulfide) groups is 2. The van der Waals surface area contributed by atoms with Crippen LogP contribution in [0.15, 0.2) is 0 Å². The maximum atomic E-state index is 13.7. The van der Waals surface area contributed by atoms with Gasteiger partial charge in [-0.25, -0.2) is 4.79 Å². The Morgan fingerprint density at radius 2 is 1.69 bits per heavy atom. The van der Waals surface area contributed by atoms with E-state index in [4.69, 9.17) is 4.74 Å². The van der Waals surface area contributed by atoms with Crippen molar-refractivity contribution in [1.82, 2.24) is 15.1 Å². The van der Waals surface area contributed by atoms with Crippen LogP contribution in [0.5, 0.6) is 0 Å². The van der Waals surface area contributed by atoms with E-state index in [0.29, 0.717) is 13.0 Å². The molecule has 0 saturated carbocycles. The zero-order valence-electron chi connectivity index (χ0n) is 20.0. The maximum Gasteiger partial charge on any atom is 0.408 e. The van der Waals surface area contributed by atoms with Gasteiger partial charge >= 0.3 is 6.09 Å². The van der Waals surface area contributed by atoms with Gasteiger partial charge < -0.3 is 15.0 Å². The number of carbonyl (C=O) groups excluding carboxylic acids is 4. The van der Waals surface area contributed by atoms with Crippen LogP contribution in [-0.2, 0) is 19.1 Å². The Balaban J connectivity index is 1.89. The summed E-state index contributed by atoms with van der Waals surface area (Å²) in [6.45, 7) is 13.1. The number of fused-ring (bicyclic) bond motifs is 2. The first-order chi connectivity index (χ1) is 14.8. The Labute approximate surface area is 198 Å². The van der Waals surface area contributed by atoms with Gasteiger partial charge in [-0.1, -0.05) is 27.7 Å². The summed E-state index contributed by atoms with van der Waals surface area (Å²) in [5.41, 5.74) is -0.676. The van der Waals surface area contributed by atoms with Crippen molar-refractivity contribution < 1.29 is 23.9 Å². The molecule has 32 heavy (non-hydrogen) atoms. The van der Waals surface area contributed by atoms with Gasteiger partial charge in [0.1, 0.15) is 11.6 Å². The SMILES string of the molecule is CC(C)C(=O)N1C(=O)C2(SCCS2)[C@@H]2[C@@H]1CCN2C(=O)C(NC(=O)OC(C)(C)C)C(C)C. The highest BCUT2D eigenvalue weighted by Crippen LogP contribution is 2.56. The molecule has 8 nitrogen and oxygen atoms in total. The fourth-order valence-electron chi connectivity index (χ4n) is 4.59. The Morgan fingerprint density at radius 1 is 1.09 bits per heavy atom. The van der Waals surface area contributed by atoms with Crippen molar-refractivity contribution in [3.05, 3.63) is 0 Å². The van der Waals surface area contributed by atoms with Crippen LogP contribution in [0.25, 0.3) is 0 Å². The number of hydrogen-bond acceptors (Lipinski definition) is 7. The van der Waals surface area contributed by atoms with Gasteiger partial charge in [0.25, 0.3) is 5.91 Å². The van der Waals surface area contributed by atoms with E-state index in [1.54, 1.807) is 63.0 Å². The van der Waals surface area contributed by atoms with Crippen molar-refractivity contribution in [3.8, 4) is 0 Å². The van der Waals surface area contributed by atoms with Gasteiger partial charge in [-0.05, 0) is 33.1 Å². The number of alkyl carbamates (subject to hydrolysis) is 1. The van der Waals surface area contributed by atoms with E-state index in [0.717, 1.165) is 11.5 Å². The predicted molar refractivity (Wildman–Crippen MR) is 126 cm³/mol. The highest BCUT2D eigenvalue weighted by atomic mass is 32.2. The van der Waals surface area contributed by atoms with Crippen LogP contribution in [0.3, 0.4) is 0 Å². The molecule has 180 valence electrons. The van der Waals surface area contributed by atoms with Crippen molar-refractivity contribution in [2.45, 2.75) is 82.7 Å². The average Bonchev–Trinajstić information content (AvgIpc) is 3.36. The summed E-state index contributed by atoms with van der Waals surface area (Å²) in [4.78, 5) is 55.8. The van der Waals surface area contributed by atoms with E-state index in [9.17, 15) is 19.2 Å². The Kier molecular flexibility index (Phi) is 7.15. The first kappa shape index (κ1) is 25.2. The number of likely N-dealkylation sites (tertiary alicyclic amines) is 2. The molecule has 1 N–H and O–H groups in total.